The first-order chi connectivity index (χ1) is 16.4. The molecule has 0 aliphatic rings. The number of benzene rings is 3. The molecule has 0 atom stereocenters. The summed E-state index contributed by atoms with van der Waals surface area (Å²) in [5, 5.41) is 8.76. The number of hydrogen-bond donors (Lipinski definition) is 3. The Labute approximate surface area is 202 Å². The number of aromatic nitrogens is 2. The minimum absolute atomic E-state index is 0.0198. The van der Waals surface area contributed by atoms with Crippen molar-refractivity contribution in [2.24, 2.45) is 0 Å². The predicted octanol–water partition coefficient (Wildman–Crippen LogP) is 4.26. The molecule has 1 heterocycles. The zero-order valence-corrected chi connectivity index (χ0v) is 19.9. The van der Waals surface area contributed by atoms with E-state index >= 15 is 0 Å². The number of ether oxygens (including phenoxy) is 2. The zero-order chi connectivity index (χ0) is 24.1. The van der Waals surface area contributed by atoms with E-state index in [1.54, 1.807) is 12.1 Å². The topological polar surface area (TPSA) is 114 Å². The van der Waals surface area contributed by atoms with Gasteiger partial charge in [-0.2, -0.15) is 9.97 Å². The van der Waals surface area contributed by atoms with Crippen molar-refractivity contribution in [2.75, 3.05) is 29.6 Å². The highest BCUT2D eigenvalue weighted by molar-refractivity contribution is 7.92. The highest BCUT2D eigenvalue weighted by Gasteiger charge is 2.17. The fourth-order valence-electron chi connectivity index (χ4n) is 3.19. The van der Waals surface area contributed by atoms with Gasteiger partial charge in [-0.25, -0.2) is 8.42 Å². The van der Waals surface area contributed by atoms with Crippen molar-refractivity contribution in [1.29, 1.82) is 0 Å². The van der Waals surface area contributed by atoms with Gasteiger partial charge >= 0.3 is 6.01 Å². The van der Waals surface area contributed by atoms with Crippen LogP contribution in [0.1, 0.15) is 0 Å². The van der Waals surface area contributed by atoms with Gasteiger partial charge in [0.25, 0.3) is 10.0 Å². The fraction of sp³-hybridized carbons (Fsp3) is 0.0870. The Morgan fingerprint density at radius 3 is 2.35 bits per heavy atom. The molecule has 11 heteroatoms. The molecule has 0 saturated heterocycles. The van der Waals surface area contributed by atoms with E-state index in [-0.39, 0.29) is 22.6 Å². The summed E-state index contributed by atoms with van der Waals surface area (Å²) in [7, 11) is -1.13. The van der Waals surface area contributed by atoms with Crippen LogP contribution in [0.5, 0.6) is 11.9 Å². The Morgan fingerprint density at radius 1 is 0.882 bits per heavy atom. The molecule has 0 aliphatic carbocycles. The van der Waals surface area contributed by atoms with Crippen molar-refractivity contribution in [3.63, 3.8) is 0 Å². The lowest BCUT2D eigenvalue weighted by Crippen LogP contribution is -2.19. The molecule has 4 aromatic rings. The maximum absolute atomic E-state index is 12.8. The lowest BCUT2D eigenvalue weighted by molar-refractivity contribution is 0.353. The molecule has 9 nitrogen and oxygen atoms in total. The summed E-state index contributed by atoms with van der Waals surface area (Å²) in [5.74, 6) is 0.183. The fourth-order valence-corrected chi connectivity index (χ4v) is 4.40. The second-order valence-electron chi connectivity index (χ2n) is 7.02. The number of nitrogens with one attached hydrogen (secondary N) is 3. The van der Waals surface area contributed by atoms with E-state index in [2.05, 4.69) is 25.3 Å². The van der Waals surface area contributed by atoms with E-state index < -0.39 is 10.0 Å². The Hall–Kier alpha value is -3.96. The van der Waals surface area contributed by atoms with Crippen LogP contribution in [-0.2, 0) is 10.0 Å². The van der Waals surface area contributed by atoms with E-state index in [9.17, 15) is 8.42 Å². The van der Waals surface area contributed by atoms with Crippen molar-refractivity contribution in [2.45, 2.75) is 4.90 Å². The Bertz CT molecular complexity index is 1420. The van der Waals surface area contributed by atoms with Crippen LogP contribution in [0.3, 0.4) is 0 Å². The monoisotopic (exact) mass is 495 g/mol. The summed E-state index contributed by atoms with van der Waals surface area (Å²) in [6, 6.07) is 21.4. The van der Waals surface area contributed by atoms with Gasteiger partial charge in [-0.15, -0.1) is 0 Å². The summed E-state index contributed by atoms with van der Waals surface area (Å²) < 4.78 is 38.0. The highest BCUT2D eigenvalue weighted by Crippen LogP contribution is 2.24. The van der Waals surface area contributed by atoms with Gasteiger partial charge in [0, 0.05) is 22.8 Å². The third-order valence-electron chi connectivity index (χ3n) is 4.77. The summed E-state index contributed by atoms with van der Waals surface area (Å²) in [5.41, 5.74) is 1.50. The molecular formula is C23H21N5O4S2. The average Bonchev–Trinajstić information content (AvgIpc) is 2.84. The van der Waals surface area contributed by atoms with E-state index in [0.29, 0.717) is 10.8 Å². The maximum atomic E-state index is 12.8. The van der Waals surface area contributed by atoms with Crippen LogP contribution in [0.25, 0.3) is 10.8 Å². The minimum atomic E-state index is -3.91. The molecule has 4 rings (SSSR count). The molecule has 0 spiro atoms. The van der Waals surface area contributed by atoms with E-state index in [4.69, 9.17) is 21.7 Å². The normalized spacial score (nSPS) is 11.0. The Morgan fingerprint density at radius 2 is 1.62 bits per heavy atom. The van der Waals surface area contributed by atoms with Gasteiger partial charge in [0.1, 0.15) is 0 Å². The van der Waals surface area contributed by atoms with Crippen LogP contribution in [0, 0.1) is 0 Å². The lowest BCUT2D eigenvalue weighted by atomic mass is 10.1. The number of rotatable bonds is 7. The molecule has 0 bridgehead atoms. The number of thiocarbonyl (C=S) groups is 1. The van der Waals surface area contributed by atoms with E-state index in [1.807, 2.05) is 42.5 Å². The quantitative estimate of drug-likeness (QED) is 0.324. The SMILES string of the molecule is COc1cc(NS(=O)(=O)c2ccc(NC(=S)Nc3cccc4ccccc34)cc2)nc(OC)n1. The Kier molecular flexibility index (Phi) is 6.75. The van der Waals surface area contributed by atoms with Crippen LogP contribution in [0.4, 0.5) is 17.2 Å². The standard InChI is InChI=1S/C23H21N5O4S2/c1-31-21-14-20(26-22(27-21)32-2)28-34(29,30)17-12-10-16(11-13-17)24-23(33)25-19-9-5-7-15-6-3-4-8-18(15)19/h3-14H,1-2H3,(H2,24,25,33)(H,26,27,28). The molecule has 0 aliphatic heterocycles. The third kappa shape index (κ3) is 5.33. The number of sulfonamides is 1. The lowest BCUT2D eigenvalue weighted by Gasteiger charge is -2.13. The smallest absolute Gasteiger partial charge is 0.321 e. The van der Waals surface area contributed by atoms with Crippen molar-refractivity contribution in [3.8, 4) is 11.9 Å². The van der Waals surface area contributed by atoms with Crippen molar-refractivity contribution >= 4 is 55.3 Å². The first kappa shape index (κ1) is 23.2. The van der Waals surface area contributed by atoms with Gasteiger partial charge in [-0.1, -0.05) is 36.4 Å². The average molecular weight is 496 g/mol. The molecule has 1 aromatic heterocycles. The number of hydrogen-bond acceptors (Lipinski definition) is 7. The predicted molar refractivity (Wildman–Crippen MR) is 136 cm³/mol. The summed E-state index contributed by atoms with van der Waals surface area (Å²) in [6.07, 6.45) is 0. The maximum Gasteiger partial charge on any atom is 0.321 e. The highest BCUT2D eigenvalue weighted by atomic mass is 32.2. The van der Waals surface area contributed by atoms with Crippen molar-refractivity contribution < 1.29 is 17.9 Å². The van der Waals surface area contributed by atoms with Gasteiger partial charge < -0.3 is 20.1 Å². The Balaban J connectivity index is 1.45. The van der Waals surface area contributed by atoms with Crippen molar-refractivity contribution in [3.05, 3.63) is 72.8 Å². The van der Waals surface area contributed by atoms with Gasteiger partial charge in [-0.05, 0) is 47.9 Å². The van der Waals surface area contributed by atoms with Gasteiger partial charge in [0.05, 0.1) is 19.1 Å². The zero-order valence-electron chi connectivity index (χ0n) is 18.3. The van der Waals surface area contributed by atoms with Gasteiger partial charge in [0.2, 0.25) is 5.88 Å². The number of anilines is 3. The van der Waals surface area contributed by atoms with Crippen LogP contribution in [0.15, 0.2) is 77.7 Å². The third-order valence-corrected chi connectivity index (χ3v) is 6.35. The number of fused-ring (bicyclic) bond motifs is 1. The van der Waals surface area contributed by atoms with Gasteiger partial charge in [-0.3, -0.25) is 4.72 Å². The largest absolute Gasteiger partial charge is 0.481 e. The van der Waals surface area contributed by atoms with Crippen LogP contribution < -0.4 is 24.8 Å². The van der Waals surface area contributed by atoms with E-state index in [1.165, 1.54) is 32.4 Å². The molecule has 0 unspecified atom stereocenters. The number of nitrogens with zero attached hydrogens (tertiary/aromatic N) is 2. The molecule has 34 heavy (non-hydrogen) atoms. The second-order valence-corrected chi connectivity index (χ2v) is 9.11. The van der Waals surface area contributed by atoms with Gasteiger partial charge in [0.15, 0.2) is 10.9 Å². The summed E-state index contributed by atoms with van der Waals surface area (Å²) in [4.78, 5) is 7.97. The molecule has 0 saturated carbocycles. The molecule has 3 aromatic carbocycles. The molecule has 0 fully saturated rings. The van der Waals surface area contributed by atoms with Crippen LogP contribution >= 0.6 is 12.2 Å². The summed E-state index contributed by atoms with van der Waals surface area (Å²) in [6.45, 7) is 0. The molecule has 3 N–H and O–H groups in total. The minimum Gasteiger partial charge on any atom is -0.481 e. The van der Waals surface area contributed by atoms with Crippen LogP contribution in [-0.4, -0.2) is 37.7 Å². The summed E-state index contributed by atoms with van der Waals surface area (Å²) >= 11 is 5.43. The first-order valence-electron chi connectivity index (χ1n) is 10.0. The second kappa shape index (κ2) is 9.89. The molecule has 174 valence electrons. The van der Waals surface area contributed by atoms with E-state index in [0.717, 1.165) is 16.5 Å². The first-order valence-corrected chi connectivity index (χ1v) is 11.9. The van der Waals surface area contributed by atoms with Crippen molar-refractivity contribution in [1.82, 2.24) is 9.97 Å². The van der Waals surface area contributed by atoms with Crippen LogP contribution in [0.2, 0.25) is 0 Å². The number of methoxy groups -OCH3 is 2. The molecule has 0 radical (unpaired) electrons. The molecular weight excluding hydrogens is 474 g/mol. The molecule has 0 amide bonds.